The first-order chi connectivity index (χ1) is 10.3. The summed E-state index contributed by atoms with van der Waals surface area (Å²) >= 11 is 0. The summed E-state index contributed by atoms with van der Waals surface area (Å²) in [6.07, 6.45) is 0. The Morgan fingerprint density at radius 3 is 2.45 bits per heavy atom. The van der Waals surface area contributed by atoms with Crippen molar-refractivity contribution < 1.29 is 18.0 Å². The molecule has 1 aromatic carbocycles. The van der Waals surface area contributed by atoms with Crippen LogP contribution < -0.4 is 10.2 Å². The Bertz CT molecular complexity index is 851. The Kier molecular flexibility index (Phi) is 3.37. The van der Waals surface area contributed by atoms with E-state index in [2.05, 4.69) is 5.32 Å². The summed E-state index contributed by atoms with van der Waals surface area (Å²) in [7, 11) is -3.04. The van der Waals surface area contributed by atoms with Crippen molar-refractivity contribution in [2.45, 2.75) is 13.8 Å². The first-order valence-electron chi connectivity index (χ1n) is 6.38. The zero-order valence-electron chi connectivity index (χ0n) is 11.8. The molecule has 0 saturated heterocycles. The largest absolute Gasteiger partial charge is 0.321 e. The SMILES string of the molecule is CC(=O)NC1=C2C(=CSS2(=O)=O)N(c2ccc(C)cc2)C1=O. The van der Waals surface area contributed by atoms with E-state index >= 15 is 0 Å². The van der Waals surface area contributed by atoms with Gasteiger partial charge in [0, 0.05) is 28.8 Å². The molecule has 1 aromatic rings. The van der Waals surface area contributed by atoms with Gasteiger partial charge in [0.2, 0.25) is 14.8 Å². The van der Waals surface area contributed by atoms with Gasteiger partial charge in [-0.25, -0.2) is 8.42 Å². The predicted molar refractivity (Wildman–Crippen MR) is 84.1 cm³/mol. The standard InChI is InChI=1S/C14H12N2O4S2/c1-8-3-5-10(6-4-8)16-11-7-21-22(19,20)13(11)12(14(16)18)15-9(2)17/h3-7H,1-2H3,(H,15,17). The Hall–Kier alpha value is -2.06. The third kappa shape index (κ3) is 2.24. The summed E-state index contributed by atoms with van der Waals surface area (Å²) < 4.78 is 24.3. The molecule has 0 unspecified atom stereocenters. The van der Waals surface area contributed by atoms with Crippen LogP contribution in [0.4, 0.5) is 5.69 Å². The second kappa shape index (κ2) is 4.99. The second-order valence-electron chi connectivity index (χ2n) is 4.91. The molecule has 6 nitrogen and oxygen atoms in total. The average Bonchev–Trinajstić information content (AvgIpc) is 2.88. The Morgan fingerprint density at radius 2 is 1.86 bits per heavy atom. The Balaban J connectivity index is 2.13. The van der Waals surface area contributed by atoms with Crippen LogP contribution in [0.1, 0.15) is 12.5 Å². The molecule has 2 aliphatic rings. The van der Waals surface area contributed by atoms with Crippen LogP contribution in [0.5, 0.6) is 0 Å². The van der Waals surface area contributed by atoms with Gasteiger partial charge in [-0.1, -0.05) is 17.7 Å². The Morgan fingerprint density at radius 1 is 1.23 bits per heavy atom. The van der Waals surface area contributed by atoms with Crippen molar-refractivity contribution in [2.24, 2.45) is 0 Å². The lowest BCUT2D eigenvalue weighted by Gasteiger charge is -2.18. The first kappa shape index (κ1) is 14.9. The third-order valence-corrected chi connectivity index (χ3v) is 6.28. The molecule has 3 rings (SSSR count). The number of nitrogens with zero attached hydrogens (tertiary/aromatic N) is 1. The molecule has 0 aliphatic carbocycles. The summed E-state index contributed by atoms with van der Waals surface area (Å²) in [6.45, 7) is 3.14. The minimum atomic E-state index is -3.67. The predicted octanol–water partition coefficient (Wildman–Crippen LogP) is 1.61. The summed E-state index contributed by atoms with van der Waals surface area (Å²) in [4.78, 5) is 25.0. The number of anilines is 1. The fourth-order valence-corrected chi connectivity index (χ4v) is 5.16. The lowest BCUT2D eigenvalue weighted by molar-refractivity contribution is -0.121. The van der Waals surface area contributed by atoms with E-state index in [4.69, 9.17) is 0 Å². The Labute approximate surface area is 131 Å². The molecule has 2 amide bonds. The highest BCUT2D eigenvalue weighted by Gasteiger charge is 2.46. The molecule has 8 heteroatoms. The van der Waals surface area contributed by atoms with E-state index in [0.29, 0.717) is 16.5 Å². The normalized spacial score (nSPS) is 19.3. The molecule has 2 heterocycles. The number of hydrogen-bond acceptors (Lipinski definition) is 5. The van der Waals surface area contributed by atoms with Crippen LogP contribution >= 0.6 is 10.8 Å². The van der Waals surface area contributed by atoms with Gasteiger partial charge in [-0.3, -0.25) is 14.5 Å². The van der Waals surface area contributed by atoms with Crippen molar-refractivity contribution in [2.75, 3.05) is 4.90 Å². The van der Waals surface area contributed by atoms with E-state index in [-0.39, 0.29) is 16.3 Å². The highest BCUT2D eigenvalue weighted by Crippen LogP contribution is 2.46. The zero-order valence-corrected chi connectivity index (χ0v) is 13.4. The van der Waals surface area contributed by atoms with Gasteiger partial charge in [-0.05, 0) is 19.1 Å². The van der Waals surface area contributed by atoms with Crippen molar-refractivity contribution in [3.05, 3.63) is 51.5 Å². The van der Waals surface area contributed by atoms with E-state index in [1.807, 2.05) is 19.1 Å². The number of rotatable bonds is 2. The van der Waals surface area contributed by atoms with Crippen LogP contribution in [0.15, 0.2) is 46.0 Å². The maximum atomic E-state index is 12.6. The molecular weight excluding hydrogens is 324 g/mol. The van der Waals surface area contributed by atoms with Gasteiger partial charge < -0.3 is 5.32 Å². The van der Waals surface area contributed by atoms with Crippen molar-refractivity contribution in [3.63, 3.8) is 0 Å². The maximum absolute atomic E-state index is 12.6. The minimum Gasteiger partial charge on any atom is -0.321 e. The molecule has 22 heavy (non-hydrogen) atoms. The van der Waals surface area contributed by atoms with Gasteiger partial charge >= 0.3 is 0 Å². The second-order valence-corrected chi connectivity index (χ2v) is 8.55. The van der Waals surface area contributed by atoms with Gasteiger partial charge in [-0.15, -0.1) is 0 Å². The number of fused-ring (bicyclic) bond motifs is 1. The number of amides is 2. The molecule has 114 valence electrons. The van der Waals surface area contributed by atoms with E-state index in [9.17, 15) is 18.0 Å². The summed E-state index contributed by atoms with van der Waals surface area (Å²) in [5.74, 6) is -1.04. The molecular formula is C14H12N2O4S2. The molecule has 1 N–H and O–H groups in total. The van der Waals surface area contributed by atoms with Gasteiger partial charge in [0.15, 0.2) is 0 Å². The molecule has 0 bridgehead atoms. The number of hydrogen-bond donors (Lipinski definition) is 1. The number of carbonyl (C=O) groups excluding carboxylic acids is 2. The number of carbonyl (C=O) groups is 2. The van der Waals surface area contributed by atoms with Crippen molar-refractivity contribution in [1.29, 1.82) is 0 Å². The lowest BCUT2D eigenvalue weighted by atomic mass is 10.2. The fraction of sp³-hybridized carbons (Fsp3) is 0.143. The lowest BCUT2D eigenvalue weighted by Crippen LogP contribution is -2.31. The van der Waals surface area contributed by atoms with Crippen molar-refractivity contribution in [3.8, 4) is 0 Å². The van der Waals surface area contributed by atoms with Crippen LogP contribution in [0.2, 0.25) is 0 Å². The fourth-order valence-electron chi connectivity index (χ4n) is 2.30. The van der Waals surface area contributed by atoms with Gasteiger partial charge in [0.25, 0.3) is 5.91 Å². The van der Waals surface area contributed by atoms with Crippen LogP contribution in [-0.4, -0.2) is 20.2 Å². The van der Waals surface area contributed by atoms with E-state index < -0.39 is 20.7 Å². The number of nitrogens with one attached hydrogen (secondary N) is 1. The molecule has 0 saturated carbocycles. The minimum absolute atomic E-state index is 0.127. The molecule has 0 atom stereocenters. The average molecular weight is 336 g/mol. The summed E-state index contributed by atoms with van der Waals surface area (Å²) in [5, 5.41) is 3.76. The smallest absolute Gasteiger partial charge is 0.280 e. The van der Waals surface area contributed by atoms with Crippen molar-refractivity contribution in [1.82, 2.24) is 5.32 Å². The summed E-state index contributed by atoms with van der Waals surface area (Å²) in [5.41, 5.74) is 1.66. The highest BCUT2D eigenvalue weighted by molar-refractivity contribution is 8.75. The van der Waals surface area contributed by atoms with Crippen LogP contribution in [0.25, 0.3) is 0 Å². The quantitative estimate of drug-likeness (QED) is 0.830. The highest BCUT2D eigenvalue weighted by atomic mass is 33.1. The van der Waals surface area contributed by atoms with E-state index in [1.54, 1.807) is 12.1 Å². The summed E-state index contributed by atoms with van der Waals surface area (Å²) in [6, 6.07) is 7.13. The maximum Gasteiger partial charge on any atom is 0.280 e. The third-order valence-electron chi connectivity index (χ3n) is 3.25. The molecule has 0 spiro atoms. The topological polar surface area (TPSA) is 83.6 Å². The molecule has 0 radical (unpaired) electrons. The zero-order chi connectivity index (χ0) is 16.1. The molecule has 0 aromatic heterocycles. The number of benzene rings is 1. The van der Waals surface area contributed by atoms with Crippen LogP contribution in [-0.2, 0) is 18.5 Å². The van der Waals surface area contributed by atoms with Gasteiger partial charge in [0.05, 0.1) is 5.70 Å². The number of aryl methyl sites for hydroxylation is 1. The monoisotopic (exact) mass is 336 g/mol. The van der Waals surface area contributed by atoms with E-state index in [1.165, 1.54) is 17.2 Å². The molecule has 2 aliphatic heterocycles. The first-order valence-corrected chi connectivity index (χ1v) is 9.26. The molecule has 0 fully saturated rings. The van der Waals surface area contributed by atoms with E-state index in [0.717, 1.165) is 5.56 Å². The van der Waals surface area contributed by atoms with Gasteiger partial charge in [-0.2, -0.15) is 0 Å². The van der Waals surface area contributed by atoms with Crippen molar-refractivity contribution >= 4 is 37.2 Å². The van der Waals surface area contributed by atoms with Gasteiger partial charge in [0.1, 0.15) is 10.6 Å². The van der Waals surface area contributed by atoms with Crippen LogP contribution in [0, 0.1) is 6.92 Å². The van der Waals surface area contributed by atoms with Crippen LogP contribution in [0.3, 0.4) is 0 Å².